The molecule has 1 amide bonds. The van der Waals surface area contributed by atoms with Crippen molar-refractivity contribution in [2.75, 3.05) is 6.26 Å². The summed E-state index contributed by atoms with van der Waals surface area (Å²) in [5, 5.41) is 9.02. The van der Waals surface area contributed by atoms with Crippen LogP contribution in [0.5, 0.6) is 5.75 Å². The molecule has 9 heteroatoms. The molecule has 8 nitrogen and oxygen atoms in total. The van der Waals surface area contributed by atoms with Crippen LogP contribution in [0.25, 0.3) is 10.8 Å². The highest BCUT2D eigenvalue weighted by atomic mass is 32.2. The first-order valence-corrected chi connectivity index (χ1v) is 10.3. The summed E-state index contributed by atoms with van der Waals surface area (Å²) >= 11 is 0. The molecule has 0 bridgehead atoms. The van der Waals surface area contributed by atoms with E-state index in [2.05, 4.69) is 10.3 Å². The number of benzene rings is 2. The second kappa shape index (κ2) is 7.75. The van der Waals surface area contributed by atoms with Gasteiger partial charge in [0.2, 0.25) is 5.91 Å². The fourth-order valence-corrected chi connectivity index (χ4v) is 3.78. The number of hydrogen-bond donors (Lipinski definition) is 1. The first-order valence-electron chi connectivity index (χ1n) is 8.32. The maximum Gasteiger partial charge on any atom is 0.217 e. The van der Waals surface area contributed by atoms with E-state index in [1.165, 1.54) is 10.9 Å². The van der Waals surface area contributed by atoms with Crippen LogP contribution in [0.3, 0.4) is 0 Å². The highest BCUT2D eigenvalue weighted by Gasteiger charge is 2.24. The number of primary amides is 1. The van der Waals surface area contributed by atoms with Gasteiger partial charge in [-0.3, -0.25) is 4.79 Å². The fraction of sp³-hybridized carbons (Fsp3) is 0.278. The molecule has 27 heavy (non-hydrogen) atoms. The number of ether oxygens (including phenoxy) is 1. The van der Waals surface area contributed by atoms with Crippen LogP contribution in [0, 0.1) is 0 Å². The Morgan fingerprint density at radius 1 is 1.22 bits per heavy atom. The van der Waals surface area contributed by atoms with Gasteiger partial charge in [-0.15, -0.1) is 5.10 Å². The molecular weight excluding hydrogens is 368 g/mol. The Morgan fingerprint density at radius 3 is 2.67 bits per heavy atom. The van der Waals surface area contributed by atoms with Crippen molar-refractivity contribution >= 4 is 26.5 Å². The van der Waals surface area contributed by atoms with Gasteiger partial charge in [0.1, 0.15) is 18.1 Å². The number of hydrogen-bond acceptors (Lipinski definition) is 6. The largest absolute Gasteiger partial charge is 0.487 e. The minimum atomic E-state index is -3.48. The van der Waals surface area contributed by atoms with Crippen molar-refractivity contribution in [3.05, 3.63) is 54.4 Å². The van der Waals surface area contributed by atoms with Crippen molar-refractivity contribution in [3.8, 4) is 5.75 Å². The topological polar surface area (TPSA) is 117 Å². The molecule has 142 valence electrons. The Hall–Kier alpha value is -2.94. The fourth-order valence-electron chi connectivity index (χ4n) is 2.74. The van der Waals surface area contributed by atoms with Crippen LogP contribution in [0.2, 0.25) is 0 Å². The van der Waals surface area contributed by atoms with Crippen LogP contribution >= 0.6 is 0 Å². The molecular formula is C18H20N4O4S. The second-order valence-corrected chi connectivity index (χ2v) is 8.48. The first kappa shape index (κ1) is 18.8. The third-order valence-electron chi connectivity index (χ3n) is 4.09. The minimum Gasteiger partial charge on any atom is -0.487 e. The van der Waals surface area contributed by atoms with Gasteiger partial charge in [0, 0.05) is 12.7 Å². The zero-order valence-corrected chi connectivity index (χ0v) is 15.6. The van der Waals surface area contributed by atoms with Gasteiger partial charge in [-0.2, -0.15) is 0 Å². The monoisotopic (exact) mass is 388 g/mol. The number of rotatable bonds is 8. The molecule has 0 radical (unpaired) electrons. The quantitative estimate of drug-likeness (QED) is 0.629. The molecule has 0 saturated carbocycles. The number of sulfone groups is 1. The zero-order chi connectivity index (χ0) is 19.4. The summed E-state index contributed by atoms with van der Waals surface area (Å²) < 4.78 is 30.9. The third-order valence-corrected chi connectivity index (χ3v) is 5.53. The molecule has 0 saturated heterocycles. The van der Waals surface area contributed by atoms with E-state index in [9.17, 15) is 13.2 Å². The Balaban J connectivity index is 1.71. The van der Waals surface area contributed by atoms with Gasteiger partial charge in [0.25, 0.3) is 0 Å². The standard InChI is InChI=1S/C18H20N4O4S/c1-27(24,25)18(9-8-17(19)23)22-11-15(20-21-22)12-26-16-7-6-13-4-2-3-5-14(13)10-16/h2-7,10-11,18H,8-9,12H2,1H3,(H2,19,23). The predicted octanol–water partition coefficient (Wildman–Crippen LogP) is 1.82. The molecule has 0 spiro atoms. The number of carbonyl (C=O) groups is 1. The predicted molar refractivity (Wildman–Crippen MR) is 101 cm³/mol. The van der Waals surface area contributed by atoms with Gasteiger partial charge < -0.3 is 10.5 Å². The molecule has 1 aromatic heterocycles. The van der Waals surface area contributed by atoms with E-state index in [-0.39, 0.29) is 19.4 Å². The van der Waals surface area contributed by atoms with Gasteiger partial charge in [0.15, 0.2) is 15.2 Å². The summed E-state index contributed by atoms with van der Waals surface area (Å²) in [6.45, 7) is 0.143. The molecule has 3 aromatic rings. The Morgan fingerprint density at radius 2 is 1.96 bits per heavy atom. The second-order valence-electron chi connectivity index (χ2n) is 6.28. The van der Waals surface area contributed by atoms with E-state index in [1.807, 2.05) is 42.5 Å². The maximum absolute atomic E-state index is 12.0. The van der Waals surface area contributed by atoms with E-state index < -0.39 is 21.1 Å². The molecule has 0 fully saturated rings. The van der Waals surface area contributed by atoms with Crippen molar-refractivity contribution in [2.24, 2.45) is 5.73 Å². The van der Waals surface area contributed by atoms with E-state index in [0.717, 1.165) is 17.0 Å². The maximum atomic E-state index is 12.0. The van der Waals surface area contributed by atoms with E-state index in [4.69, 9.17) is 10.5 Å². The summed E-state index contributed by atoms with van der Waals surface area (Å²) in [7, 11) is -3.48. The molecule has 1 unspecified atom stereocenters. The van der Waals surface area contributed by atoms with E-state index in [1.54, 1.807) is 0 Å². The van der Waals surface area contributed by atoms with Crippen LogP contribution in [0.4, 0.5) is 0 Å². The number of aromatic nitrogens is 3. The van der Waals surface area contributed by atoms with Crippen LogP contribution in [-0.2, 0) is 21.2 Å². The van der Waals surface area contributed by atoms with Gasteiger partial charge >= 0.3 is 0 Å². The lowest BCUT2D eigenvalue weighted by Crippen LogP contribution is -2.22. The van der Waals surface area contributed by atoms with Crippen molar-refractivity contribution in [1.82, 2.24) is 15.0 Å². The Labute approximate surface area is 156 Å². The van der Waals surface area contributed by atoms with Crippen molar-refractivity contribution in [1.29, 1.82) is 0 Å². The van der Waals surface area contributed by atoms with Crippen LogP contribution in [0.1, 0.15) is 23.9 Å². The molecule has 0 aliphatic heterocycles. The van der Waals surface area contributed by atoms with E-state index in [0.29, 0.717) is 11.4 Å². The molecule has 1 atom stereocenters. The van der Waals surface area contributed by atoms with Crippen molar-refractivity contribution < 1.29 is 17.9 Å². The Bertz CT molecular complexity index is 1060. The van der Waals surface area contributed by atoms with Gasteiger partial charge in [-0.05, 0) is 29.3 Å². The number of nitrogens with zero attached hydrogens (tertiary/aromatic N) is 3. The van der Waals surface area contributed by atoms with Crippen LogP contribution in [0.15, 0.2) is 48.7 Å². The Kier molecular flexibility index (Phi) is 5.41. The molecule has 3 rings (SSSR count). The first-order chi connectivity index (χ1) is 12.8. The van der Waals surface area contributed by atoms with Gasteiger partial charge in [-0.25, -0.2) is 13.1 Å². The molecule has 2 N–H and O–H groups in total. The lowest BCUT2D eigenvalue weighted by molar-refractivity contribution is -0.118. The SMILES string of the molecule is CS(=O)(=O)C(CCC(N)=O)n1cc(COc2ccc3ccccc3c2)nn1. The third kappa shape index (κ3) is 4.82. The normalized spacial score (nSPS) is 12.8. The van der Waals surface area contributed by atoms with Gasteiger partial charge in [0.05, 0.1) is 6.20 Å². The molecule has 0 aliphatic rings. The van der Waals surface area contributed by atoms with Crippen LogP contribution in [-0.4, -0.2) is 35.6 Å². The summed E-state index contributed by atoms with van der Waals surface area (Å²) in [6, 6.07) is 13.7. The molecule has 1 heterocycles. The highest BCUT2D eigenvalue weighted by molar-refractivity contribution is 7.90. The molecule has 0 aliphatic carbocycles. The number of fused-ring (bicyclic) bond motifs is 1. The van der Waals surface area contributed by atoms with Crippen LogP contribution < -0.4 is 10.5 Å². The van der Waals surface area contributed by atoms with E-state index >= 15 is 0 Å². The lowest BCUT2D eigenvalue weighted by Gasteiger charge is -2.13. The summed E-state index contributed by atoms with van der Waals surface area (Å²) in [5.74, 6) is 0.111. The zero-order valence-electron chi connectivity index (χ0n) is 14.8. The number of nitrogens with two attached hydrogens (primary N) is 1. The minimum absolute atomic E-state index is 0.0441. The summed E-state index contributed by atoms with van der Waals surface area (Å²) in [6.07, 6.45) is 2.59. The number of amides is 1. The average Bonchev–Trinajstić information content (AvgIpc) is 3.07. The lowest BCUT2D eigenvalue weighted by atomic mass is 10.1. The summed E-state index contributed by atoms with van der Waals surface area (Å²) in [5.41, 5.74) is 5.60. The van der Waals surface area contributed by atoms with Crippen molar-refractivity contribution in [3.63, 3.8) is 0 Å². The van der Waals surface area contributed by atoms with Gasteiger partial charge in [-0.1, -0.05) is 35.5 Å². The van der Waals surface area contributed by atoms with Crippen molar-refractivity contribution in [2.45, 2.75) is 24.8 Å². The number of carbonyl (C=O) groups excluding carboxylic acids is 1. The average molecular weight is 388 g/mol. The highest BCUT2D eigenvalue weighted by Crippen LogP contribution is 2.22. The molecule has 2 aromatic carbocycles. The summed E-state index contributed by atoms with van der Waals surface area (Å²) in [4.78, 5) is 11.0. The smallest absolute Gasteiger partial charge is 0.217 e.